The lowest BCUT2D eigenvalue weighted by molar-refractivity contribution is -0.170. The van der Waals surface area contributed by atoms with Crippen molar-refractivity contribution in [1.82, 2.24) is 10.4 Å². The third kappa shape index (κ3) is 5.66. The molecule has 1 fully saturated rings. The van der Waals surface area contributed by atoms with Crippen LogP contribution in [0.5, 0.6) is 0 Å². The van der Waals surface area contributed by atoms with Crippen LogP contribution in [0, 0.1) is 11.3 Å². The third-order valence-corrected chi connectivity index (χ3v) is 5.56. The Bertz CT molecular complexity index is 813. The Morgan fingerprint density at radius 1 is 1.23 bits per heavy atom. The molecule has 6 N–H and O–H groups in total. The average Bonchev–Trinajstić information content (AvgIpc) is 2.73. The molecule has 162 valence electrons. The van der Waals surface area contributed by atoms with Crippen molar-refractivity contribution in [3.8, 4) is 0 Å². The molecule has 9 heteroatoms. The number of nitrogens with zero attached hydrogens (tertiary/aromatic N) is 1. The monoisotopic (exact) mass is 415 g/mol. The van der Waals surface area contributed by atoms with Gasteiger partial charge in [-0.05, 0) is 25.7 Å². The Kier molecular flexibility index (Phi) is 7.71. The fourth-order valence-electron chi connectivity index (χ4n) is 3.65. The lowest BCUT2D eigenvalue weighted by Gasteiger charge is -2.40. The fraction of sp³-hybridized carbons (Fsp3) is 0.429. The fourth-order valence-corrected chi connectivity index (χ4v) is 3.65. The molecule has 0 unspecified atom stereocenters. The molecule has 2 amide bonds. The second-order valence-corrected chi connectivity index (χ2v) is 7.52. The summed E-state index contributed by atoms with van der Waals surface area (Å²) in [5.41, 5.74) is 10.5. The number of hydrogen-bond acceptors (Lipinski definition) is 6. The summed E-state index contributed by atoms with van der Waals surface area (Å²) in [6.07, 6.45) is 3.56. The maximum absolute atomic E-state index is 12.8. The molecular weight excluding hydrogens is 386 g/mol. The van der Waals surface area contributed by atoms with Crippen molar-refractivity contribution in [2.24, 2.45) is 17.4 Å². The van der Waals surface area contributed by atoms with E-state index in [0.29, 0.717) is 31.2 Å². The minimum atomic E-state index is -0.835. The number of carbonyl (C=O) groups is 3. The predicted molar refractivity (Wildman–Crippen MR) is 112 cm³/mol. The van der Waals surface area contributed by atoms with Crippen LogP contribution in [0.2, 0.25) is 0 Å². The van der Waals surface area contributed by atoms with E-state index in [1.807, 2.05) is 18.2 Å². The highest BCUT2D eigenvalue weighted by Crippen LogP contribution is 2.36. The topological polar surface area (TPSA) is 152 Å². The Labute approximate surface area is 175 Å². The van der Waals surface area contributed by atoms with Crippen LogP contribution in [0.4, 0.5) is 0 Å². The molecule has 0 heterocycles. The number of rotatable bonds is 9. The van der Waals surface area contributed by atoms with Gasteiger partial charge in [-0.25, -0.2) is 5.06 Å². The zero-order valence-corrected chi connectivity index (χ0v) is 17.3. The number of amidine groups is 1. The summed E-state index contributed by atoms with van der Waals surface area (Å²) >= 11 is 0. The molecule has 0 radical (unpaired) electrons. The van der Waals surface area contributed by atoms with Gasteiger partial charge in [0.25, 0.3) is 5.91 Å². The number of hydroxylamine groups is 2. The molecule has 1 saturated carbocycles. The molecule has 0 saturated heterocycles. The van der Waals surface area contributed by atoms with Crippen LogP contribution < -0.4 is 16.8 Å². The summed E-state index contributed by atoms with van der Waals surface area (Å²) in [5, 5.41) is 11.8. The summed E-state index contributed by atoms with van der Waals surface area (Å²) in [4.78, 5) is 41.8. The van der Waals surface area contributed by atoms with E-state index in [1.54, 1.807) is 12.1 Å². The lowest BCUT2D eigenvalue weighted by Crippen LogP contribution is -2.50. The largest absolute Gasteiger partial charge is 0.384 e. The van der Waals surface area contributed by atoms with Crippen molar-refractivity contribution < 1.29 is 19.2 Å². The summed E-state index contributed by atoms with van der Waals surface area (Å²) in [6, 6.07) is 9.13. The van der Waals surface area contributed by atoms with Crippen molar-refractivity contribution in [2.75, 3.05) is 14.2 Å². The number of nitrogens with one attached hydrogen (secondary N) is 2. The van der Waals surface area contributed by atoms with Crippen LogP contribution in [-0.4, -0.2) is 48.2 Å². The van der Waals surface area contributed by atoms with E-state index < -0.39 is 17.3 Å². The molecule has 0 atom stereocenters. The molecule has 1 aliphatic carbocycles. The Morgan fingerprint density at radius 2 is 1.83 bits per heavy atom. The zero-order chi connectivity index (χ0) is 22.3. The van der Waals surface area contributed by atoms with E-state index in [4.69, 9.17) is 21.7 Å². The van der Waals surface area contributed by atoms with Crippen LogP contribution in [-0.2, 0) is 14.4 Å². The normalized spacial score (nSPS) is 21.5. The molecule has 1 aromatic rings. The van der Waals surface area contributed by atoms with Crippen LogP contribution in [0.15, 0.2) is 42.1 Å². The summed E-state index contributed by atoms with van der Waals surface area (Å²) in [6.45, 7) is 0. The molecule has 2 rings (SSSR count). The van der Waals surface area contributed by atoms with E-state index in [1.165, 1.54) is 20.4 Å². The molecule has 1 aromatic carbocycles. The van der Waals surface area contributed by atoms with Gasteiger partial charge >= 0.3 is 0 Å². The molecule has 0 spiro atoms. The summed E-state index contributed by atoms with van der Waals surface area (Å²) in [7, 11) is 2.91. The highest BCUT2D eigenvalue weighted by atomic mass is 16.7. The van der Waals surface area contributed by atoms with Gasteiger partial charge in [0.05, 0.1) is 19.1 Å². The Balaban J connectivity index is 2.20. The van der Waals surface area contributed by atoms with E-state index in [2.05, 4.69) is 5.32 Å². The quantitative estimate of drug-likeness (QED) is 0.156. The minimum Gasteiger partial charge on any atom is -0.384 e. The van der Waals surface area contributed by atoms with Gasteiger partial charge in [-0.2, -0.15) is 0 Å². The number of nitrogens with two attached hydrogens (primary N) is 2. The molecule has 0 bridgehead atoms. The van der Waals surface area contributed by atoms with Gasteiger partial charge < -0.3 is 16.8 Å². The number of benzene rings is 1. The maximum atomic E-state index is 12.8. The molecular formula is C21H29N5O4. The molecule has 1 aliphatic rings. The predicted octanol–water partition coefficient (Wildman–Crippen LogP) is 1.10. The second kappa shape index (κ2) is 10.0. The van der Waals surface area contributed by atoms with Gasteiger partial charge in [-0.3, -0.25) is 24.6 Å². The number of primary amides is 1. The number of carbonyl (C=O) groups excluding carboxylic acids is 3. The van der Waals surface area contributed by atoms with Gasteiger partial charge in [0.2, 0.25) is 5.91 Å². The first-order valence-corrected chi connectivity index (χ1v) is 9.71. The highest BCUT2D eigenvalue weighted by Gasteiger charge is 2.39. The molecule has 9 nitrogen and oxygen atoms in total. The lowest BCUT2D eigenvalue weighted by atomic mass is 9.72. The Hall–Kier alpha value is -3.20. The van der Waals surface area contributed by atoms with Crippen LogP contribution in [0.25, 0.3) is 0 Å². The number of ketones is 1. The number of Topliss-reactive ketones (excluding diaryl/α,β-unsaturated/α-hetero) is 1. The highest BCUT2D eigenvalue weighted by molar-refractivity contribution is 6.18. The van der Waals surface area contributed by atoms with Crippen molar-refractivity contribution in [3.63, 3.8) is 0 Å². The van der Waals surface area contributed by atoms with Gasteiger partial charge in [0.15, 0.2) is 5.78 Å². The van der Waals surface area contributed by atoms with Crippen molar-refractivity contribution in [3.05, 3.63) is 47.7 Å². The van der Waals surface area contributed by atoms with Crippen LogP contribution in [0.3, 0.4) is 0 Å². The van der Waals surface area contributed by atoms with Crippen LogP contribution >= 0.6 is 0 Å². The van der Waals surface area contributed by atoms with Crippen molar-refractivity contribution >= 4 is 23.4 Å². The maximum Gasteiger partial charge on any atom is 0.253 e. The number of hydrogen-bond donors (Lipinski definition) is 4. The van der Waals surface area contributed by atoms with Gasteiger partial charge in [-0.15, -0.1) is 0 Å². The van der Waals surface area contributed by atoms with Gasteiger partial charge in [0, 0.05) is 30.3 Å². The second-order valence-electron chi connectivity index (χ2n) is 7.52. The Morgan fingerprint density at radius 3 is 2.33 bits per heavy atom. The summed E-state index contributed by atoms with van der Waals surface area (Å²) in [5.74, 6) is -1.61. The van der Waals surface area contributed by atoms with Crippen molar-refractivity contribution in [1.29, 1.82) is 5.41 Å². The van der Waals surface area contributed by atoms with Crippen LogP contribution in [0.1, 0.15) is 42.5 Å². The summed E-state index contributed by atoms with van der Waals surface area (Å²) < 4.78 is 0. The van der Waals surface area contributed by atoms with E-state index in [9.17, 15) is 14.4 Å². The number of amides is 2. The first-order chi connectivity index (χ1) is 14.2. The first kappa shape index (κ1) is 23.1. The van der Waals surface area contributed by atoms with Gasteiger partial charge in [0.1, 0.15) is 5.84 Å². The van der Waals surface area contributed by atoms with E-state index >= 15 is 0 Å². The zero-order valence-electron chi connectivity index (χ0n) is 17.3. The molecule has 0 aromatic heterocycles. The molecule has 30 heavy (non-hydrogen) atoms. The third-order valence-electron chi connectivity index (χ3n) is 5.56. The smallest absolute Gasteiger partial charge is 0.253 e. The van der Waals surface area contributed by atoms with Crippen molar-refractivity contribution in [2.45, 2.75) is 37.6 Å². The SMILES string of the molecule is CON(C)C(=O)CC1(N/C=C(\C(=N)N)C(N)=O)CCC(C(=O)c2ccccc2)CC1. The van der Waals surface area contributed by atoms with E-state index in [0.717, 1.165) is 5.06 Å². The molecule has 0 aliphatic heterocycles. The van der Waals surface area contributed by atoms with E-state index in [-0.39, 0.29) is 29.6 Å². The first-order valence-electron chi connectivity index (χ1n) is 9.71. The van der Waals surface area contributed by atoms with Gasteiger partial charge in [-0.1, -0.05) is 30.3 Å². The minimum absolute atomic E-state index is 0.0849. The average molecular weight is 415 g/mol. The standard InChI is InChI=1S/C21H29N5O4/c1-26(30-2)17(27)12-21(25-13-16(19(22)23)20(24)29)10-8-15(9-11-21)18(28)14-6-4-3-5-7-14/h3-7,13,15,25H,8-12H2,1-2H3,(H3,22,23)(H2,24,29)/b16-13+.